The van der Waals surface area contributed by atoms with Crippen LogP contribution in [0, 0.1) is 0 Å². The number of thiocarbonyl (C=S) groups is 1. The van der Waals surface area contributed by atoms with E-state index in [1.807, 2.05) is 0 Å². The lowest BCUT2D eigenvalue weighted by Crippen LogP contribution is -2.22. The molecule has 0 atom stereocenters. The maximum absolute atomic E-state index is 11.6. The molecule has 24 heavy (non-hydrogen) atoms. The van der Waals surface area contributed by atoms with E-state index < -0.39 is 5.97 Å². The first-order chi connectivity index (χ1) is 11.5. The minimum Gasteiger partial charge on any atom is -0.478 e. The highest BCUT2D eigenvalue weighted by atomic mass is 35.5. The van der Waals surface area contributed by atoms with Crippen LogP contribution in [0.2, 0.25) is 5.02 Å². The summed E-state index contributed by atoms with van der Waals surface area (Å²) in [6.45, 7) is 0. The first-order valence-corrected chi connectivity index (χ1v) is 8.39. The third-order valence-electron chi connectivity index (χ3n) is 3.13. The van der Waals surface area contributed by atoms with E-state index in [-0.39, 0.29) is 17.2 Å². The fourth-order valence-corrected chi connectivity index (χ4v) is 3.16. The fraction of sp³-hybridized carbons (Fsp3) is 0.0667. The second-order valence-electron chi connectivity index (χ2n) is 4.71. The van der Waals surface area contributed by atoms with Crippen LogP contribution in [-0.2, 0) is 4.79 Å². The van der Waals surface area contributed by atoms with Crippen molar-refractivity contribution in [2.24, 2.45) is 5.10 Å². The van der Waals surface area contributed by atoms with E-state index in [0.717, 1.165) is 5.01 Å². The molecule has 0 unspecified atom stereocenters. The summed E-state index contributed by atoms with van der Waals surface area (Å²) in [5, 5.41) is 14.6. The number of furan rings is 1. The van der Waals surface area contributed by atoms with E-state index >= 15 is 0 Å². The average Bonchev–Trinajstić information content (AvgIpc) is 3.13. The average molecular weight is 381 g/mol. The number of hydrazone groups is 1. The number of carboxylic acids is 1. The molecule has 9 heteroatoms. The Kier molecular flexibility index (Phi) is 4.70. The molecule has 0 radical (unpaired) electrons. The molecule has 2 aromatic rings. The van der Waals surface area contributed by atoms with Gasteiger partial charge in [0.05, 0.1) is 22.6 Å². The lowest BCUT2D eigenvalue weighted by molar-refractivity contribution is -0.124. The molecule has 1 amide bonds. The number of amides is 1. The smallest absolute Gasteiger partial charge is 0.335 e. The predicted molar refractivity (Wildman–Crippen MR) is 95.6 cm³/mol. The summed E-state index contributed by atoms with van der Waals surface area (Å²) in [4.78, 5) is 22.6. The van der Waals surface area contributed by atoms with Crippen molar-refractivity contribution >= 4 is 58.0 Å². The van der Waals surface area contributed by atoms with Crippen LogP contribution in [0.5, 0.6) is 0 Å². The van der Waals surface area contributed by atoms with Crippen LogP contribution in [0.1, 0.15) is 16.1 Å². The van der Waals surface area contributed by atoms with Gasteiger partial charge in [-0.2, -0.15) is 10.1 Å². The molecule has 1 aliphatic heterocycles. The van der Waals surface area contributed by atoms with Crippen LogP contribution in [0.15, 0.2) is 39.9 Å². The van der Waals surface area contributed by atoms with E-state index in [1.54, 1.807) is 12.1 Å². The van der Waals surface area contributed by atoms with Crippen LogP contribution >= 0.6 is 35.6 Å². The van der Waals surface area contributed by atoms with Gasteiger partial charge < -0.3 is 9.52 Å². The summed E-state index contributed by atoms with van der Waals surface area (Å²) in [6.07, 6.45) is 1.37. The van der Waals surface area contributed by atoms with Crippen molar-refractivity contribution in [3.8, 4) is 11.3 Å². The molecule has 0 spiro atoms. The van der Waals surface area contributed by atoms with E-state index in [1.165, 1.54) is 36.2 Å². The second kappa shape index (κ2) is 6.76. The number of hydrogen-bond acceptors (Lipinski definition) is 6. The zero-order chi connectivity index (χ0) is 17.3. The summed E-state index contributed by atoms with van der Waals surface area (Å²) < 4.78 is 5.99. The number of thioether (sulfide) groups is 1. The number of carbonyl (C=O) groups excluding carboxylic acids is 1. The molecule has 1 aromatic carbocycles. The van der Waals surface area contributed by atoms with Crippen molar-refractivity contribution in [2.45, 2.75) is 0 Å². The fourth-order valence-electron chi connectivity index (χ4n) is 1.99. The molecule has 122 valence electrons. The van der Waals surface area contributed by atoms with Crippen LogP contribution in [0.25, 0.3) is 11.3 Å². The third kappa shape index (κ3) is 3.35. The normalized spacial score (nSPS) is 14.8. The molecule has 1 saturated heterocycles. The summed E-state index contributed by atoms with van der Waals surface area (Å²) in [5.41, 5.74) is 0.561. The Morgan fingerprint density at radius 1 is 1.42 bits per heavy atom. The topological polar surface area (TPSA) is 83.1 Å². The van der Waals surface area contributed by atoms with Crippen LogP contribution in [-0.4, -0.2) is 38.3 Å². The molecule has 1 aromatic heterocycles. The van der Waals surface area contributed by atoms with Gasteiger partial charge >= 0.3 is 5.97 Å². The zero-order valence-electron chi connectivity index (χ0n) is 11.9. The van der Waals surface area contributed by atoms with E-state index in [4.69, 9.17) is 33.3 Å². The zero-order valence-corrected chi connectivity index (χ0v) is 14.3. The van der Waals surface area contributed by atoms with Crippen molar-refractivity contribution < 1.29 is 19.1 Å². The molecule has 3 rings (SSSR count). The van der Waals surface area contributed by atoms with Gasteiger partial charge in [-0.15, -0.1) is 0 Å². The number of rotatable bonds is 4. The van der Waals surface area contributed by atoms with Gasteiger partial charge in [0.1, 0.15) is 11.5 Å². The Morgan fingerprint density at radius 3 is 2.88 bits per heavy atom. The van der Waals surface area contributed by atoms with Gasteiger partial charge in [0.15, 0.2) is 4.32 Å². The summed E-state index contributed by atoms with van der Waals surface area (Å²) >= 11 is 12.4. The van der Waals surface area contributed by atoms with Crippen LogP contribution in [0.4, 0.5) is 0 Å². The molecular formula is C15H9ClN2O4S2. The highest BCUT2D eigenvalue weighted by Crippen LogP contribution is 2.30. The van der Waals surface area contributed by atoms with Crippen LogP contribution in [0.3, 0.4) is 0 Å². The van der Waals surface area contributed by atoms with E-state index in [2.05, 4.69) is 5.10 Å². The van der Waals surface area contributed by atoms with Crippen molar-refractivity contribution in [3.05, 3.63) is 46.7 Å². The number of aromatic carboxylic acids is 1. The minimum absolute atomic E-state index is 0.103. The van der Waals surface area contributed by atoms with Gasteiger partial charge in [-0.1, -0.05) is 35.6 Å². The highest BCUT2D eigenvalue weighted by Gasteiger charge is 2.26. The maximum atomic E-state index is 11.6. The largest absolute Gasteiger partial charge is 0.478 e. The van der Waals surface area contributed by atoms with Crippen molar-refractivity contribution in [2.75, 3.05) is 5.75 Å². The van der Waals surface area contributed by atoms with Crippen molar-refractivity contribution in [3.63, 3.8) is 0 Å². The van der Waals surface area contributed by atoms with Gasteiger partial charge in [0, 0.05) is 5.56 Å². The Bertz CT molecular complexity index is 862. The van der Waals surface area contributed by atoms with Gasteiger partial charge in [-0.3, -0.25) is 4.79 Å². The molecule has 0 aliphatic carbocycles. The predicted octanol–water partition coefficient (Wildman–Crippen LogP) is 3.49. The summed E-state index contributed by atoms with van der Waals surface area (Å²) in [7, 11) is 0. The second-order valence-corrected chi connectivity index (χ2v) is 6.72. The Hall–Kier alpha value is -2.16. The van der Waals surface area contributed by atoms with E-state index in [0.29, 0.717) is 26.4 Å². The van der Waals surface area contributed by atoms with Gasteiger partial charge in [0.25, 0.3) is 5.91 Å². The molecule has 0 saturated carbocycles. The van der Waals surface area contributed by atoms with Crippen molar-refractivity contribution in [1.82, 2.24) is 5.01 Å². The van der Waals surface area contributed by atoms with Crippen LogP contribution < -0.4 is 0 Å². The third-order valence-corrected chi connectivity index (χ3v) is 4.80. The Labute approximate surface area is 151 Å². The number of carboxylic acid groups (broad SMARTS) is 1. The van der Waals surface area contributed by atoms with Gasteiger partial charge in [-0.05, 0) is 30.3 Å². The number of carbonyl (C=O) groups is 2. The SMILES string of the molecule is O=C(O)c1ccc(Cl)c(-c2ccc(/C=N\N3C(=O)CSC3=S)o2)c1. The summed E-state index contributed by atoms with van der Waals surface area (Å²) in [6, 6.07) is 7.62. The molecule has 6 nitrogen and oxygen atoms in total. The quantitative estimate of drug-likeness (QED) is 0.645. The molecule has 1 fully saturated rings. The number of halogens is 1. The molecule has 1 N–H and O–H groups in total. The lowest BCUT2D eigenvalue weighted by Gasteiger charge is -2.05. The lowest BCUT2D eigenvalue weighted by atomic mass is 10.1. The molecule has 0 bridgehead atoms. The Morgan fingerprint density at radius 2 is 2.21 bits per heavy atom. The first kappa shape index (κ1) is 16.7. The van der Waals surface area contributed by atoms with Crippen molar-refractivity contribution in [1.29, 1.82) is 0 Å². The number of nitrogens with zero attached hydrogens (tertiary/aromatic N) is 2. The minimum atomic E-state index is -1.06. The van der Waals surface area contributed by atoms with E-state index in [9.17, 15) is 9.59 Å². The summed E-state index contributed by atoms with van der Waals surface area (Å²) in [5.74, 6) is -0.189. The number of hydrogen-bond donors (Lipinski definition) is 1. The highest BCUT2D eigenvalue weighted by molar-refractivity contribution is 8.23. The number of benzene rings is 1. The monoisotopic (exact) mass is 380 g/mol. The standard InChI is InChI=1S/C15H9ClN2O4S2/c16-11-3-1-8(14(20)21)5-10(11)12-4-2-9(22-12)6-17-18-13(19)7-24-15(18)23/h1-6H,7H2,(H,20,21)/b17-6-. The first-order valence-electron chi connectivity index (χ1n) is 6.62. The molecular weight excluding hydrogens is 372 g/mol. The Balaban J connectivity index is 1.86. The van der Waals surface area contributed by atoms with Gasteiger partial charge in [-0.25, -0.2) is 4.79 Å². The van der Waals surface area contributed by atoms with Gasteiger partial charge in [0.2, 0.25) is 0 Å². The molecule has 2 heterocycles. The maximum Gasteiger partial charge on any atom is 0.335 e. The molecule has 1 aliphatic rings.